The predicted molar refractivity (Wildman–Crippen MR) is 55.9 cm³/mol. The van der Waals surface area contributed by atoms with Crippen LogP contribution in [-0.2, 0) is 4.79 Å². The van der Waals surface area contributed by atoms with Crippen LogP contribution in [0, 0.1) is 5.92 Å². The summed E-state index contributed by atoms with van der Waals surface area (Å²) in [7, 11) is 0. The van der Waals surface area contributed by atoms with E-state index in [9.17, 15) is 4.79 Å². The third-order valence-electron chi connectivity index (χ3n) is 2.62. The van der Waals surface area contributed by atoms with Gasteiger partial charge in [-0.25, -0.2) is 0 Å². The smallest absolute Gasteiger partial charge is 0.136 e. The van der Waals surface area contributed by atoms with Crippen molar-refractivity contribution in [2.75, 3.05) is 0 Å². The summed E-state index contributed by atoms with van der Waals surface area (Å²) < 4.78 is 1.43. The van der Waals surface area contributed by atoms with Crippen LogP contribution in [0.5, 0.6) is 0 Å². The molecule has 1 nitrogen and oxygen atoms in total. The minimum absolute atomic E-state index is 0.114. The number of carbonyl (C=O) groups excluding carboxylic acids is 1. The molecule has 1 aliphatic carbocycles. The summed E-state index contributed by atoms with van der Waals surface area (Å²) in [5, 5.41) is 0. The summed E-state index contributed by atoms with van der Waals surface area (Å²) in [6.45, 7) is 1.94. The van der Waals surface area contributed by atoms with Crippen molar-refractivity contribution in [3.63, 3.8) is 0 Å². The number of hydrogen-bond acceptors (Lipinski definition) is 2. The summed E-state index contributed by atoms with van der Waals surface area (Å²) >= 11 is 13.2. The Morgan fingerprint density at radius 2 is 2.23 bits per heavy atom. The molecule has 70 valence electrons. The van der Waals surface area contributed by atoms with Gasteiger partial charge in [0.05, 0.1) is 8.67 Å². The number of rotatable bonds is 1. The molecule has 1 aromatic rings. The second kappa shape index (κ2) is 3.26. The maximum Gasteiger partial charge on any atom is 0.136 e. The Hall–Kier alpha value is -0.0500. The predicted octanol–water partition coefficient (Wildman–Crippen LogP) is 3.75. The fourth-order valence-electron chi connectivity index (χ4n) is 1.63. The lowest BCUT2D eigenvalue weighted by Crippen LogP contribution is -2.32. The number of Topliss-reactive ketones (excluding diaryl/α,β-unsaturated/α-hetero) is 1. The van der Waals surface area contributed by atoms with Crippen LogP contribution in [0.1, 0.15) is 24.8 Å². The van der Waals surface area contributed by atoms with E-state index in [4.69, 9.17) is 23.2 Å². The summed E-state index contributed by atoms with van der Waals surface area (Å²) in [5.74, 6) is 0.732. The van der Waals surface area contributed by atoms with Crippen LogP contribution in [0.2, 0.25) is 8.67 Å². The molecule has 0 radical (unpaired) electrons. The van der Waals surface area contributed by atoms with E-state index in [1.165, 1.54) is 11.3 Å². The van der Waals surface area contributed by atoms with Gasteiger partial charge in [-0.2, -0.15) is 0 Å². The van der Waals surface area contributed by atoms with Crippen LogP contribution >= 0.6 is 34.5 Å². The highest BCUT2D eigenvalue weighted by molar-refractivity contribution is 7.20. The molecule has 2 rings (SSSR count). The Morgan fingerprint density at radius 1 is 1.54 bits per heavy atom. The van der Waals surface area contributed by atoms with Gasteiger partial charge < -0.3 is 0 Å². The number of ketones is 1. The normalized spacial score (nSPS) is 27.5. The molecule has 0 spiro atoms. The second-order valence-electron chi connectivity index (χ2n) is 3.35. The highest BCUT2D eigenvalue weighted by atomic mass is 35.5. The molecule has 13 heavy (non-hydrogen) atoms. The van der Waals surface area contributed by atoms with Gasteiger partial charge in [0.2, 0.25) is 0 Å². The van der Waals surface area contributed by atoms with E-state index in [-0.39, 0.29) is 5.92 Å². The van der Waals surface area contributed by atoms with Crippen molar-refractivity contribution in [3.8, 4) is 0 Å². The molecule has 0 aromatic carbocycles. The molecule has 0 aliphatic heterocycles. The van der Waals surface area contributed by atoms with Crippen LogP contribution in [-0.4, -0.2) is 5.78 Å². The number of thiophene rings is 1. The first-order valence-corrected chi connectivity index (χ1v) is 5.64. The van der Waals surface area contributed by atoms with Crippen LogP contribution in [0.25, 0.3) is 0 Å². The summed E-state index contributed by atoms with van der Waals surface area (Å²) in [6, 6.07) is 1.88. The summed E-state index contributed by atoms with van der Waals surface area (Å²) in [5.41, 5.74) is 1.05. The van der Waals surface area contributed by atoms with Gasteiger partial charge in [-0.1, -0.05) is 30.1 Å². The molecule has 0 bridgehead atoms. The van der Waals surface area contributed by atoms with Gasteiger partial charge in [-0.15, -0.1) is 11.3 Å². The van der Waals surface area contributed by atoms with Crippen LogP contribution in [0.15, 0.2) is 6.07 Å². The largest absolute Gasteiger partial charge is 0.299 e. The maximum absolute atomic E-state index is 11.1. The average Bonchev–Trinajstić information content (AvgIpc) is 2.40. The van der Waals surface area contributed by atoms with E-state index in [0.717, 1.165) is 9.90 Å². The highest BCUT2D eigenvalue weighted by Crippen LogP contribution is 2.45. The van der Waals surface area contributed by atoms with Crippen molar-refractivity contribution in [2.24, 2.45) is 5.92 Å². The second-order valence-corrected chi connectivity index (χ2v) is 5.63. The Morgan fingerprint density at radius 3 is 2.62 bits per heavy atom. The monoisotopic (exact) mass is 234 g/mol. The minimum atomic E-state index is 0.114. The summed E-state index contributed by atoms with van der Waals surface area (Å²) in [6.07, 6.45) is 0.619. The first-order chi connectivity index (χ1) is 6.09. The van der Waals surface area contributed by atoms with E-state index in [1.54, 1.807) is 0 Å². The van der Waals surface area contributed by atoms with E-state index < -0.39 is 0 Å². The van der Waals surface area contributed by atoms with Gasteiger partial charge in [-0.05, 0) is 11.6 Å². The number of hydrogen-bond donors (Lipinski definition) is 0. The zero-order chi connectivity index (χ0) is 9.59. The van der Waals surface area contributed by atoms with Crippen molar-refractivity contribution in [1.29, 1.82) is 0 Å². The van der Waals surface area contributed by atoms with Crippen molar-refractivity contribution in [2.45, 2.75) is 19.3 Å². The standard InChI is InChI=1S/C9H8Cl2OS/c1-4-5(2-7(4)12)6-3-8(10)13-9(6)11/h3-5H,2H2,1H3. The third-order valence-corrected chi connectivity index (χ3v) is 4.13. The highest BCUT2D eigenvalue weighted by Gasteiger charge is 2.38. The fourth-order valence-corrected chi connectivity index (χ4v) is 3.23. The first kappa shape index (κ1) is 9.50. The number of halogens is 2. The molecule has 1 aliphatic rings. The third kappa shape index (κ3) is 1.51. The molecular formula is C9H8Cl2OS. The lowest BCUT2D eigenvalue weighted by molar-refractivity contribution is -0.130. The molecular weight excluding hydrogens is 227 g/mol. The Labute approximate surface area is 90.7 Å². The SMILES string of the molecule is CC1C(=O)CC1c1cc(Cl)sc1Cl. The van der Waals surface area contributed by atoms with Gasteiger partial charge in [0.15, 0.2) is 0 Å². The lowest BCUT2D eigenvalue weighted by Gasteiger charge is -2.31. The fraction of sp³-hybridized carbons (Fsp3) is 0.444. The van der Waals surface area contributed by atoms with E-state index in [2.05, 4.69) is 0 Å². The Kier molecular flexibility index (Phi) is 2.39. The zero-order valence-electron chi connectivity index (χ0n) is 7.01. The van der Waals surface area contributed by atoms with Gasteiger partial charge in [0, 0.05) is 18.3 Å². The molecule has 1 heterocycles. The zero-order valence-corrected chi connectivity index (χ0v) is 9.34. The molecule has 2 unspecified atom stereocenters. The van der Waals surface area contributed by atoms with Crippen LogP contribution in [0.3, 0.4) is 0 Å². The van der Waals surface area contributed by atoms with Gasteiger partial charge in [0.1, 0.15) is 5.78 Å². The Bertz CT molecular complexity index is 358. The first-order valence-electron chi connectivity index (χ1n) is 4.07. The topological polar surface area (TPSA) is 17.1 Å². The summed E-state index contributed by atoms with van der Waals surface area (Å²) in [4.78, 5) is 11.1. The quantitative estimate of drug-likeness (QED) is 0.724. The van der Waals surface area contributed by atoms with E-state index in [1.807, 2.05) is 13.0 Å². The molecule has 2 atom stereocenters. The van der Waals surface area contributed by atoms with Crippen LogP contribution in [0.4, 0.5) is 0 Å². The molecule has 1 fully saturated rings. The van der Waals surface area contributed by atoms with Crippen molar-refractivity contribution >= 4 is 40.3 Å². The minimum Gasteiger partial charge on any atom is -0.299 e. The molecule has 0 N–H and O–H groups in total. The van der Waals surface area contributed by atoms with Crippen molar-refractivity contribution < 1.29 is 4.79 Å². The maximum atomic E-state index is 11.1. The molecule has 4 heteroatoms. The van der Waals surface area contributed by atoms with Crippen molar-refractivity contribution in [1.82, 2.24) is 0 Å². The molecule has 1 aromatic heterocycles. The Balaban J connectivity index is 2.27. The van der Waals surface area contributed by atoms with E-state index >= 15 is 0 Å². The van der Waals surface area contributed by atoms with Gasteiger partial charge in [0.25, 0.3) is 0 Å². The van der Waals surface area contributed by atoms with E-state index in [0.29, 0.717) is 22.5 Å². The number of carbonyl (C=O) groups is 1. The van der Waals surface area contributed by atoms with Crippen LogP contribution < -0.4 is 0 Å². The molecule has 1 saturated carbocycles. The molecule has 0 amide bonds. The van der Waals surface area contributed by atoms with Gasteiger partial charge >= 0.3 is 0 Å². The van der Waals surface area contributed by atoms with Crippen molar-refractivity contribution in [3.05, 3.63) is 20.3 Å². The lowest BCUT2D eigenvalue weighted by atomic mass is 9.71. The van der Waals surface area contributed by atoms with Gasteiger partial charge in [-0.3, -0.25) is 4.79 Å². The average molecular weight is 235 g/mol. The molecule has 0 saturated heterocycles.